The van der Waals surface area contributed by atoms with Gasteiger partial charge in [0.15, 0.2) is 5.96 Å². The number of unbranched alkanes of at least 4 members (excludes halogenated alkanes) is 1. The Morgan fingerprint density at radius 2 is 1.96 bits per heavy atom. The molecule has 24 heavy (non-hydrogen) atoms. The summed E-state index contributed by atoms with van der Waals surface area (Å²) in [5.74, 6) is 0.588. The van der Waals surface area contributed by atoms with E-state index in [0.29, 0.717) is 18.2 Å². The molecule has 6 heteroatoms. The average molecular weight is 450 g/mol. The standard InChI is InChI=1S/C18H31FN4.HI/c1-14(2)23(5)11-7-6-10-21-18(20-4)22-13-16-9-8-15(3)17(19)12-16;/h8-9,12,14H,6-7,10-11,13H2,1-5H3,(H2,20,21,22);1H. The third-order valence-electron chi connectivity index (χ3n) is 4.03. The second-order valence-corrected chi connectivity index (χ2v) is 6.22. The summed E-state index contributed by atoms with van der Waals surface area (Å²) in [6.45, 7) is 8.73. The normalized spacial score (nSPS) is 11.6. The van der Waals surface area contributed by atoms with Crippen molar-refractivity contribution in [2.75, 3.05) is 27.2 Å². The molecule has 0 saturated carbocycles. The molecule has 1 rings (SSSR count). The molecule has 1 aromatic carbocycles. The lowest BCUT2D eigenvalue weighted by molar-refractivity contribution is 0.268. The molecule has 0 radical (unpaired) electrons. The molecule has 138 valence electrons. The van der Waals surface area contributed by atoms with Crippen molar-refractivity contribution >= 4 is 29.9 Å². The van der Waals surface area contributed by atoms with Gasteiger partial charge in [-0.05, 0) is 64.4 Å². The molecule has 0 atom stereocenters. The predicted octanol–water partition coefficient (Wildman–Crippen LogP) is 3.54. The summed E-state index contributed by atoms with van der Waals surface area (Å²) >= 11 is 0. The van der Waals surface area contributed by atoms with Gasteiger partial charge in [0.25, 0.3) is 0 Å². The Morgan fingerprint density at radius 3 is 2.54 bits per heavy atom. The molecule has 0 aliphatic carbocycles. The molecule has 2 N–H and O–H groups in total. The molecule has 0 aromatic heterocycles. The van der Waals surface area contributed by atoms with Crippen LogP contribution in [0.3, 0.4) is 0 Å². The minimum absolute atomic E-state index is 0. The minimum Gasteiger partial charge on any atom is -0.356 e. The second-order valence-electron chi connectivity index (χ2n) is 6.22. The molecule has 0 heterocycles. The molecule has 0 fully saturated rings. The topological polar surface area (TPSA) is 39.7 Å². The molecule has 0 aliphatic rings. The van der Waals surface area contributed by atoms with Crippen molar-refractivity contribution in [3.8, 4) is 0 Å². The third-order valence-corrected chi connectivity index (χ3v) is 4.03. The summed E-state index contributed by atoms with van der Waals surface area (Å²) in [7, 11) is 3.90. The minimum atomic E-state index is -0.165. The Morgan fingerprint density at radius 1 is 1.25 bits per heavy atom. The first-order valence-corrected chi connectivity index (χ1v) is 8.33. The van der Waals surface area contributed by atoms with Crippen LogP contribution in [0.2, 0.25) is 0 Å². The largest absolute Gasteiger partial charge is 0.356 e. The van der Waals surface area contributed by atoms with Crippen LogP contribution in [0.15, 0.2) is 23.2 Å². The van der Waals surface area contributed by atoms with Gasteiger partial charge < -0.3 is 15.5 Å². The van der Waals surface area contributed by atoms with Crippen LogP contribution in [0.25, 0.3) is 0 Å². The highest BCUT2D eigenvalue weighted by molar-refractivity contribution is 14.0. The number of nitrogens with zero attached hydrogens (tertiary/aromatic N) is 2. The van der Waals surface area contributed by atoms with Gasteiger partial charge in [-0.25, -0.2) is 4.39 Å². The summed E-state index contributed by atoms with van der Waals surface area (Å²) in [4.78, 5) is 6.54. The fourth-order valence-electron chi connectivity index (χ4n) is 2.10. The number of benzene rings is 1. The van der Waals surface area contributed by atoms with Crippen molar-refractivity contribution in [3.63, 3.8) is 0 Å². The van der Waals surface area contributed by atoms with E-state index in [1.165, 1.54) is 0 Å². The number of rotatable bonds is 8. The maximum atomic E-state index is 13.5. The first-order valence-electron chi connectivity index (χ1n) is 8.33. The molecule has 0 amide bonds. The molecular formula is C18H32FIN4. The van der Waals surface area contributed by atoms with Gasteiger partial charge in [-0.1, -0.05) is 12.1 Å². The van der Waals surface area contributed by atoms with E-state index in [4.69, 9.17) is 0 Å². The smallest absolute Gasteiger partial charge is 0.191 e. The van der Waals surface area contributed by atoms with Crippen LogP contribution in [-0.2, 0) is 6.54 Å². The predicted molar refractivity (Wildman–Crippen MR) is 112 cm³/mol. The van der Waals surface area contributed by atoms with Crippen LogP contribution < -0.4 is 10.6 Å². The Kier molecular flexibility index (Phi) is 12.0. The number of hydrogen-bond acceptors (Lipinski definition) is 2. The van der Waals surface area contributed by atoms with Crippen molar-refractivity contribution in [1.29, 1.82) is 0 Å². The maximum absolute atomic E-state index is 13.5. The molecule has 0 aliphatic heterocycles. The summed E-state index contributed by atoms with van der Waals surface area (Å²) in [6.07, 6.45) is 2.25. The van der Waals surface area contributed by atoms with E-state index >= 15 is 0 Å². The van der Waals surface area contributed by atoms with Gasteiger partial charge in [0, 0.05) is 26.2 Å². The molecule has 4 nitrogen and oxygen atoms in total. The lowest BCUT2D eigenvalue weighted by Gasteiger charge is -2.20. The molecule has 0 spiro atoms. The van der Waals surface area contributed by atoms with Crippen molar-refractivity contribution in [3.05, 3.63) is 35.1 Å². The van der Waals surface area contributed by atoms with Crippen LogP contribution in [0.5, 0.6) is 0 Å². The molecule has 0 bridgehead atoms. The first kappa shape index (κ1) is 23.1. The van der Waals surface area contributed by atoms with E-state index in [1.54, 1.807) is 26.1 Å². The lowest BCUT2D eigenvalue weighted by Crippen LogP contribution is -2.37. The van der Waals surface area contributed by atoms with Crippen molar-refractivity contribution in [2.45, 2.75) is 46.2 Å². The summed E-state index contributed by atoms with van der Waals surface area (Å²) < 4.78 is 13.5. The Labute approximate surface area is 163 Å². The number of aryl methyl sites for hydroxylation is 1. The van der Waals surface area contributed by atoms with E-state index < -0.39 is 0 Å². The highest BCUT2D eigenvalue weighted by atomic mass is 127. The molecular weight excluding hydrogens is 418 g/mol. The fourth-order valence-corrected chi connectivity index (χ4v) is 2.10. The van der Waals surface area contributed by atoms with Gasteiger partial charge in [0.2, 0.25) is 0 Å². The zero-order chi connectivity index (χ0) is 17.2. The van der Waals surface area contributed by atoms with E-state index in [-0.39, 0.29) is 29.8 Å². The van der Waals surface area contributed by atoms with Gasteiger partial charge in [0.05, 0.1) is 0 Å². The number of guanidine groups is 1. The van der Waals surface area contributed by atoms with Crippen LogP contribution in [0, 0.1) is 12.7 Å². The van der Waals surface area contributed by atoms with Gasteiger partial charge in [0.1, 0.15) is 5.82 Å². The van der Waals surface area contributed by atoms with Crippen LogP contribution in [0.4, 0.5) is 4.39 Å². The van der Waals surface area contributed by atoms with Crippen molar-refractivity contribution in [2.24, 2.45) is 4.99 Å². The van der Waals surface area contributed by atoms with E-state index in [9.17, 15) is 4.39 Å². The highest BCUT2D eigenvalue weighted by Crippen LogP contribution is 2.08. The van der Waals surface area contributed by atoms with Crippen molar-refractivity contribution in [1.82, 2.24) is 15.5 Å². The highest BCUT2D eigenvalue weighted by Gasteiger charge is 2.03. The summed E-state index contributed by atoms with van der Waals surface area (Å²) in [5, 5.41) is 6.51. The molecule has 0 saturated heterocycles. The quantitative estimate of drug-likeness (QED) is 0.276. The Bertz CT molecular complexity index is 506. The van der Waals surface area contributed by atoms with E-state index in [0.717, 1.165) is 37.5 Å². The van der Waals surface area contributed by atoms with Gasteiger partial charge >= 0.3 is 0 Å². The van der Waals surface area contributed by atoms with Crippen LogP contribution in [-0.4, -0.2) is 44.1 Å². The third kappa shape index (κ3) is 8.82. The van der Waals surface area contributed by atoms with Crippen LogP contribution in [0.1, 0.15) is 37.8 Å². The monoisotopic (exact) mass is 450 g/mol. The van der Waals surface area contributed by atoms with E-state index in [2.05, 4.69) is 41.4 Å². The van der Waals surface area contributed by atoms with Gasteiger partial charge in [-0.15, -0.1) is 24.0 Å². The SMILES string of the molecule is CN=C(NCCCCN(C)C(C)C)NCc1ccc(C)c(F)c1.I. The molecule has 1 aromatic rings. The van der Waals surface area contributed by atoms with Crippen LogP contribution >= 0.6 is 24.0 Å². The number of halogens is 2. The lowest BCUT2D eigenvalue weighted by atomic mass is 10.1. The van der Waals surface area contributed by atoms with Gasteiger partial charge in [-0.3, -0.25) is 4.99 Å². The Balaban J connectivity index is 0.00000529. The Hall–Kier alpha value is -0.890. The van der Waals surface area contributed by atoms with E-state index in [1.807, 2.05) is 6.07 Å². The summed E-state index contributed by atoms with van der Waals surface area (Å²) in [5.41, 5.74) is 1.58. The molecule has 0 unspecified atom stereocenters. The first-order chi connectivity index (χ1) is 10.9. The zero-order valence-electron chi connectivity index (χ0n) is 15.5. The summed E-state index contributed by atoms with van der Waals surface area (Å²) in [6, 6.07) is 5.89. The number of aliphatic imine (C=N–C) groups is 1. The zero-order valence-corrected chi connectivity index (χ0v) is 17.9. The van der Waals surface area contributed by atoms with Gasteiger partial charge in [-0.2, -0.15) is 0 Å². The number of hydrogen-bond donors (Lipinski definition) is 2. The maximum Gasteiger partial charge on any atom is 0.191 e. The number of nitrogens with one attached hydrogen (secondary N) is 2. The average Bonchev–Trinajstić information content (AvgIpc) is 2.52. The van der Waals surface area contributed by atoms with Crippen molar-refractivity contribution < 1.29 is 4.39 Å². The second kappa shape index (κ2) is 12.5. The fraction of sp³-hybridized carbons (Fsp3) is 0.611.